The monoisotopic (exact) mass is 234 g/mol. The van der Waals surface area contributed by atoms with Crippen LogP contribution in [0.1, 0.15) is 22.8 Å². The summed E-state index contributed by atoms with van der Waals surface area (Å²) in [7, 11) is 0. The van der Waals surface area contributed by atoms with Gasteiger partial charge in [0.15, 0.2) is 0 Å². The van der Waals surface area contributed by atoms with E-state index in [1.807, 2.05) is 13.0 Å². The van der Waals surface area contributed by atoms with Gasteiger partial charge in [0, 0.05) is 10.5 Å². The maximum Gasteiger partial charge on any atom is 0.265 e. The van der Waals surface area contributed by atoms with Gasteiger partial charge in [-0.05, 0) is 29.5 Å². The molecule has 0 aliphatic heterocycles. The molecule has 1 aromatic rings. The summed E-state index contributed by atoms with van der Waals surface area (Å²) in [5, 5.41) is 0. The maximum atomic E-state index is 11.3. The van der Waals surface area contributed by atoms with Crippen molar-refractivity contribution in [2.24, 2.45) is 5.84 Å². The molecule has 1 rings (SSSR count). The van der Waals surface area contributed by atoms with Crippen LogP contribution in [0.5, 0.6) is 0 Å². The smallest absolute Gasteiger partial charge is 0.265 e. The van der Waals surface area contributed by atoms with Crippen molar-refractivity contribution in [2.45, 2.75) is 6.92 Å². The van der Waals surface area contributed by atoms with Crippen molar-refractivity contribution < 1.29 is 4.79 Å². The Morgan fingerprint density at radius 3 is 2.56 bits per heavy atom. The standard InChI is InChI=1S/C12H14N2OS/c1-8(2)16-9(3)10-5-4-6-11(7-10)12(15)14-13/h4-7H,1,3,13H2,2H3,(H,14,15). The van der Waals surface area contributed by atoms with Gasteiger partial charge in [-0.1, -0.05) is 37.1 Å². The zero-order valence-electron chi connectivity index (χ0n) is 9.12. The number of carbonyl (C=O) groups is 1. The third kappa shape index (κ3) is 3.25. The van der Waals surface area contributed by atoms with Gasteiger partial charge >= 0.3 is 0 Å². The lowest BCUT2D eigenvalue weighted by Gasteiger charge is -2.06. The summed E-state index contributed by atoms with van der Waals surface area (Å²) >= 11 is 1.48. The van der Waals surface area contributed by atoms with E-state index in [2.05, 4.69) is 18.6 Å². The fraction of sp³-hybridized carbons (Fsp3) is 0.0833. The summed E-state index contributed by atoms with van der Waals surface area (Å²) in [5.41, 5.74) is 3.51. The highest BCUT2D eigenvalue weighted by atomic mass is 32.2. The second kappa shape index (κ2) is 5.53. The number of amides is 1. The predicted octanol–water partition coefficient (Wildman–Crippen LogP) is 2.53. The van der Waals surface area contributed by atoms with Gasteiger partial charge in [-0.15, -0.1) is 0 Å². The fourth-order valence-electron chi connectivity index (χ4n) is 1.19. The first kappa shape index (κ1) is 12.5. The van der Waals surface area contributed by atoms with Gasteiger partial charge < -0.3 is 0 Å². The molecular formula is C12H14N2OS. The van der Waals surface area contributed by atoms with Crippen LogP contribution in [-0.4, -0.2) is 5.91 Å². The molecule has 84 valence electrons. The zero-order valence-corrected chi connectivity index (χ0v) is 9.93. The summed E-state index contributed by atoms with van der Waals surface area (Å²) in [4.78, 5) is 13.1. The molecule has 0 spiro atoms. The second-order valence-electron chi connectivity index (χ2n) is 3.28. The summed E-state index contributed by atoms with van der Waals surface area (Å²) in [6.07, 6.45) is 0. The van der Waals surface area contributed by atoms with E-state index in [9.17, 15) is 4.79 Å². The molecular weight excluding hydrogens is 220 g/mol. The normalized spacial score (nSPS) is 9.62. The van der Waals surface area contributed by atoms with Crippen LogP contribution in [0.2, 0.25) is 0 Å². The van der Waals surface area contributed by atoms with Crippen LogP contribution in [0.15, 0.2) is 42.3 Å². The first-order valence-corrected chi connectivity index (χ1v) is 5.50. The summed E-state index contributed by atoms with van der Waals surface area (Å²) in [6.45, 7) is 9.64. The minimum atomic E-state index is -0.310. The molecule has 1 amide bonds. The van der Waals surface area contributed by atoms with Crippen molar-refractivity contribution in [1.82, 2.24) is 5.43 Å². The number of nitrogens with two attached hydrogens (primary N) is 1. The fourth-order valence-corrected chi connectivity index (χ4v) is 1.85. The van der Waals surface area contributed by atoms with Crippen molar-refractivity contribution in [3.8, 4) is 0 Å². The molecule has 0 heterocycles. The number of rotatable bonds is 4. The maximum absolute atomic E-state index is 11.3. The third-order valence-corrected chi connectivity index (χ3v) is 2.71. The number of nitrogens with one attached hydrogen (secondary N) is 1. The van der Waals surface area contributed by atoms with Crippen molar-refractivity contribution in [1.29, 1.82) is 0 Å². The number of hydrogen-bond acceptors (Lipinski definition) is 3. The van der Waals surface area contributed by atoms with E-state index in [0.717, 1.165) is 15.4 Å². The van der Waals surface area contributed by atoms with Crippen LogP contribution < -0.4 is 11.3 Å². The Balaban J connectivity index is 2.94. The Morgan fingerprint density at radius 2 is 2.00 bits per heavy atom. The number of hydrazine groups is 1. The molecule has 3 nitrogen and oxygen atoms in total. The molecule has 0 radical (unpaired) electrons. The zero-order chi connectivity index (χ0) is 12.1. The highest BCUT2D eigenvalue weighted by molar-refractivity contribution is 8.11. The summed E-state index contributed by atoms with van der Waals surface area (Å²) < 4.78 is 0. The molecule has 0 saturated heterocycles. The van der Waals surface area contributed by atoms with E-state index >= 15 is 0 Å². The van der Waals surface area contributed by atoms with Gasteiger partial charge in [0.2, 0.25) is 0 Å². The quantitative estimate of drug-likeness (QED) is 0.478. The van der Waals surface area contributed by atoms with Crippen molar-refractivity contribution in [3.05, 3.63) is 53.5 Å². The van der Waals surface area contributed by atoms with Crippen LogP contribution in [-0.2, 0) is 0 Å². The van der Waals surface area contributed by atoms with E-state index in [1.54, 1.807) is 18.2 Å². The topological polar surface area (TPSA) is 55.1 Å². The van der Waals surface area contributed by atoms with Gasteiger partial charge in [0.25, 0.3) is 5.91 Å². The second-order valence-corrected chi connectivity index (χ2v) is 4.68. The molecule has 0 aliphatic carbocycles. The molecule has 0 aliphatic rings. The van der Waals surface area contributed by atoms with Crippen LogP contribution in [0, 0.1) is 0 Å². The minimum absolute atomic E-state index is 0.310. The molecule has 0 fully saturated rings. The average Bonchev–Trinajstić information content (AvgIpc) is 2.27. The van der Waals surface area contributed by atoms with Crippen LogP contribution in [0.4, 0.5) is 0 Å². The van der Waals surface area contributed by atoms with E-state index < -0.39 is 0 Å². The molecule has 0 unspecified atom stereocenters. The van der Waals surface area contributed by atoms with E-state index in [4.69, 9.17) is 5.84 Å². The molecule has 16 heavy (non-hydrogen) atoms. The Bertz CT molecular complexity index is 440. The highest BCUT2D eigenvalue weighted by Gasteiger charge is 2.06. The van der Waals surface area contributed by atoms with Crippen LogP contribution >= 0.6 is 11.8 Å². The number of thioether (sulfide) groups is 1. The lowest BCUT2D eigenvalue weighted by molar-refractivity contribution is 0.0953. The Kier molecular flexibility index (Phi) is 4.34. The van der Waals surface area contributed by atoms with Gasteiger partial charge in [-0.25, -0.2) is 5.84 Å². The number of benzene rings is 1. The SMILES string of the molecule is C=C(C)SC(=C)c1cccc(C(=O)NN)c1. The molecule has 0 saturated carbocycles. The molecule has 0 atom stereocenters. The Labute approximate surface area is 99.4 Å². The molecule has 4 heteroatoms. The molecule has 3 N–H and O–H groups in total. The number of hydrogen-bond donors (Lipinski definition) is 2. The molecule has 0 aromatic heterocycles. The summed E-state index contributed by atoms with van der Waals surface area (Å²) in [6, 6.07) is 7.14. The van der Waals surface area contributed by atoms with E-state index in [1.165, 1.54) is 11.8 Å². The minimum Gasteiger partial charge on any atom is -0.290 e. The molecule has 1 aromatic carbocycles. The van der Waals surface area contributed by atoms with Gasteiger partial charge in [-0.2, -0.15) is 0 Å². The average molecular weight is 234 g/mol. The van der Waals surface area contributed by atoms with E-state index in [0.29, 0.717) is 5.56 Å². The first-order chi connectivity index (χ1) is 7.54. The lowest BCUT2D eigenvalue weighted by atomic mass is 10.1. The number of carbonyl (C=O) groups excluding carboxylic acids is 1. The van der Waals surface area contributed by atoms with Gasteiger partial charge in [0.05, 0.1) is 0 Å². The lowest BCUT2D eigenvalue weighted by Crippen LogP contribution is -2.29. The van der Waals surface area contributed by atoms with Crippen LogP contribution in [0.3, 0.4) is 0 Å². The number of nitrogen functional groups attached to an aromatic ring is 1. The molecule has 0 bridgehead atoms. The Morgan fingerprint density at radius 1 is 1.38 bits per heavy atom. The van der Waals surface area contributed by atoms with Gasteiger partial charge in [0.1, 0.15) is 0 Å². The summed E-state index contributed by atoms with van der Waals surface area (Å²) in [5.74, 6) is 4.76. The van der Waals surface area contributed by atoms with Crippen molar-refractivity contribution >= 4 is 22.6 Å². The van der Waals surface area contributed by atoms with Crippen LogP contribution in [0.25, 0.3) is 4.91 Å². The van der Waals surface area contributed by atoms with E-state index in [-0.39, 0.29) is 5.91 Å². The largest absolute Gasteiger partial charge is 0.290 e. The number of allylic oxidation sites excluding steroid dienone is 1. The third-order valence-electron chi connectivity index (χ3n) is 1.88. The highest BCUT2D eigenvalue weighted by Crippen LogP contribution is 2.30. The first-order valence-electron chi connectivity index (χ1n) is 4.68. The van der Waals surface area contributed by atoms with Gasteiger partial charge in [-0.3, -0.25) is 10.2 Å². The van der Waals surface area contributed by atoms with Crippen molar-refractivity contribution in [3.63, 3.8) is 0 Å². The Hall–Kier alpha value is -1.52. The predicted molar refractivity (Wildman–Crippen MR) is 69.5 cm³/mol. The van der Waals surface area contributed by atoms with Crippen molar-refractivity contribution in [2.75, 3.05) is 0 Å².